The first-order valence-electron chi connectivity index (χ1n) is 8.50. The predicted molar refractivity (Wildman–Crippen MR) is 102 cm³/mol. The summed E-state index contributed by atoms with van der Waals surface area (Å²) < 4.78 is 36.6. The Morgan fingerprint density at radius 1 is 1.33 bits per heavy atom. The first-order chi connectivity index (χ1) is 12.8. The second kappa shape index (κ2) is 8.22. The van der Waals surface area contributed by atoms with Crippen LogP contribution in [0.25, 0.3) is 0 Å². The maximum absolute atomic E-state index is 12.9. The fourth-order valence-corrected chi connectivity index (χ4v) is 5.38. The summed E-state index contributed by atoms with van der Waals surface area (Å²) in [7, 11) is -3.57. The third-order valence-corrected chi connectivity index (χ3v) is 7.64. The number of hydrogen-bond acceptors (Lipinski definition) is 7. The first kappa shape index (κ1) is 20.2. The molecule has 1 aliphatic heterocycles. The van der Waals surface area contributed by atoms with Crippen molar-refractivity contribution in [3.05, 3.63) is 39.4 Å². The monoisotopic (exact) mass is 429 g/mol. The molecule has 2 aromatic rings. The molecule has 1 aliphatic rings. The Morgan fingerprint density at radius 2 is 2.04 bits per heavy atom. The van der Waals surface area contributed by atoms with Crippen molar-refractivity contribution in [2.24, 2.45) is 5.92 Å². The molecule has 1 fully saturated rings. The summed E-state index contributed by atoms with van der Waals surface area (Å²) in [4.78, 5) is 12.6. The minimum Gasteiger partial charge on any atom is -0.459 e. The van der Waals surface area contributed by atoms with E-state index >= 15 is 0 Å². The molecule has 2 heterocycles. The molecule has 0 spiro atoms. The van der Waals surface area contributed by atoms with E-state index in [-0.39, 0.29) is 31.6 Å². The highest BCUT2D eigenvalue weighted by Crippen LogP contribution is 2.27. The SMILES string of the molecule is Cc1ccc(S(=O)(=O)N2CCC(C(=O)OCc3nnsc3Cl)CC2)c(C)c1. The average Bonchev–Trinajstić information content (AvgIpc) is 3.04. The summed E-state index contributed by atoms with van der Waals surface area (Å²) in [6.45, 7) is 4.27. The van der Waals surface area contributed by atoms with Crippen LogP contribution in [-0.2, 0) is 26.2 Å². The highest BCUT2D eigenvalue weighted by molar-refractivity contribution is 7.89. The molecule has 0 N–H and O–H groups in total. The third kappa shape index (κ3) is 4.48. The van der Waals surface area contributed by atoms with Gasteiger partial charge >= 0.3 is 5.97 Å². The maximum Gasteiger partial charge on any atom is 0.309 e. The van der Waals surface area contributed by atoms with Crippen molar-refractivity contribution in [2.45, 2.75) is 38.2 Å². The summed E-state index contributed by atoms with van der Waals surface area (Å²) in [5.74, 6) is -0.691. The number of hydrogen-bond donors (Lipinski definition) is 0. The number of rotatable bonds is 5. The van der Waals surface area contributed by atoms with Crippen molar-refractivity contribution in [3.8, 4) is 0 Å². The molecule has 0 aliphatic carbocycles. The minimum atomic E-state index is -3.57. The number of benzene rings is 1. The van der Waals surface area contributed by atoms with Gasteiger partial charge in [0.1, 0.15) is 16.6 Å². The largest absolute Gasteiger partial charge is 0.459 e. The number of sulfonamides is 1. The quantitative estimate of drug-likeness (QED) is 0.679. The number of piperidine rings is 1. The number of carbonyl (C=O) groups is 1. The van der Waals surface area contributed by atoms with Gasteiger partial charge < -0.3 is 4.74 Å². The molecule has 1 aromatic carbocycles. The fourth-order valence-electron chi connectivity index (χ4n) is 3.10. The predicted octanol–water partition coefficient (Wildman–Crippen LogP) is 2.95. The number of aromatic nitrogens is 2. The third-order valence-electron chi connectivity index (χ3n) is 4.60. The lowest BCUT2D eigenvalue weighted by Crippen LogP contribution is -2.40. The molecule has 7 nitrogen and oxygen atoms in total. The molecule has 0 bridgehead atoms. The van der Waals surface area contributed by atoms with E-state index in [1.807, 2.05) is 13.0 Å². The lowest BCUT2D eigenvalue weighted by molar-refractivity contribution is -0.151. The highest BCUT2D eigenvalue weighted by Gasteiger charge is 2.33. The molecule has 146 valence electrons. The molecular formula is C17H20ClN3O4S2. The Morgan fingerprint density at radius 3 is 2.63 bits per heavy atom. The molecule has 0 unspecified atom stereocenters. The van der Waals surface area contributed by atoms with Crippen LogP contribution in [0.5, 0.6) is 0 Å². The zero-order valence-corrected chi connectivity index (χ0v) is 17.4. The molecular weight excluding hydrogens is 410 g/mol. The highest BCUT2D eigenvalue weighted by atomic mass is 35.5. The molecule has 27 heavy (non-hydrogen) atoms. The Bertz CT molecular complexity index is 937. The second-order valence-electron chi connectivity index (χ2n) is 6.55. The number of nitrogens with zero attached hydrogens (tertiary/aromatic N) is 3. The van der Waals surface area contributed by atoms with Gasteiger partial charge in [-0.25, -0.2) is 8.42 Å². The van der Waals surface area contributed by atoms with Crippen LogP contribution in [0.4, 0.5) is 0 Å². The van der Waals surface area contributed by atoms with Crippen LogP contribution < -0.4 is 0 Å². The number of carbonyl (C=O) groups excluding carboxylic acids is 1. The van der Waals surface area contributed by atoms with E-state index in [1.54, 1.807) is 19.1 Å². The van der Waals surface area contributed by atoms with Gasteiger partial charge in [0.2, 0.25) is 10.0 Å². The summed E-state index contributed by atoms with van der Waals surface area (Å²) in [5.41, 5.74) is 2.18. The summed E-state index contributed by atoms with van der Waals surface area (Å²) >= 11 is 6.92. The van der Waals surface area contributed by atoms with Crippen molar-refractivity contribution in [1.29, 1.82) is 0 Å². The number of aryl methyl sites for hydroxylation is 2. The van der Waals surface area contributed by atoms with Crippen molar-refractivity contribution in [1.82, 2.24) is 13.9 Å². The molecule has 1 aromatic heterocycles. The fraction of sp³-hybridized carbons (Fsp3) is 0.471. The molecule has 0 saturated carbocycles. The zero-order valence-electron chi connectivity index (χ0n) is 15.0. The normalized spacial score (nSPS) is 16.4. The number of halogens is 1. The van der Waals surface area contributed by atoms with E-state index in [1.165, 1.54) is 4.31 Å². The van der Waals surface area contributed by atoms with Gasteiger partial charge in [-0.15, -0.1) is 5.10 Å². The smallest absolute Gasteiger partial charge is 0.309 e. The molecule has 0 amide bonds. The van der Waals surface area contributed by atoms with E-state index in [9.17, 15) is 13.2 Å². The summed E-state index contributed by atoms with van der Waals surface area (Å²) in [5, 5.41) is 3.80. The van der Waals surface area contributed by atoms with Crippen molar-refractivity contribution in [2.75, 3.05) is 13.1 Å². The van der Waals surface area contributed by atoms with Crippen LogP contribution in [0.3, 0.4) is 0 Å². The van der Waals surface area contributed by atoms with Crippen LogP contribution in [0.2, 0.25) is 4.34 Å². The van der Waals surface area contributed by atoms with Crippen LogP contribution in [0.15, 0.2) is 23.1 Å². The van der Waals surface area contributed by atoms with E-state index < -0.39 is 10.0 Å². The molecule has 10 heteroatoms. The van der Waals surface area contributed by atoms with E-state index in [0.29, 0.717) is 27.8 Å². The Hall–Kier alpha value is -1.55. The van der Waals surface area contributed by atoms with Crippen LogP contribution in [-0.4, -0.2) is 41.4 Å². The van der Waals surface area contributed by atoms with Gasteiger partial charge in [0.25, 0.3) is 0 Å². The van der Waals surface area contributed by atoms with Gasteiger partial charge in [-0.05, 0) is 38.3 Å². The lowest BCUT2D eigenvalue weighted by atomic mass is 9.98. The van der Waals surface area contributed by atoms with E-state index in [0.717, 1.165) is 22.7 Å². The van der Waals surface area contributed by atoms with Gasteiger partial charge in [0, 0.05) is 24.6 Å². The molecule has 0 atom stereocenters. The van der Waals surface area contributed by atoms with Gasteiger partial charge in [-0.3, -0.25) is 4.79 Å². The van der Waals surface area contributed by atoms with Crippen LogP contribution in [0, 0.1) is 19.8 Å². The lowest BCUT2D eigenvalue weighted by Gasteiger charge is -2.30. The second-order valence-corrected chi connectivity index (χ2v) is 9.81. The van der Waals surface area contributed by atoms with Crippen LogP contribution in [0.1, 0.15) is 29.7 Å². The molecule has 0 radical (unpaired) electrons. The Balaban J connectivity index is 1.59. The maximum atomic E-state index is 12.9. The van der Waals surface area contributed by atoms with E-state index in [2.05, 4.69) is 9.59 Å². The Labute approximate surface area is 167 Å². The van der Waals surface area contributed by atoms with Crippen molar-refractivity contribution >= 4 is 39.1 Å². The van der Waals surface area contributed by atoms with E-state index in [4.69, 9.17) is 16.3 Å². The topological polar surface area (TPSA) is 89.5 Å². The van der Waals surface area contributed by atoms with Crippen LogP contribution >= 0.6 is 23.1 Å². The number of ether oxygens (including phenoxy) is 1. The summed E-state index contributed by atoms with van der Waals surface area (Å²) in [6, 6.07) is 5.30. The zero-order chi connectivity index (χ0) is 19.6. The summed E-state index contributed by atoms with van der Waals surface area (Å²) in [6.07, 6.45) is 0.845. The molecule has 1 saturated heterocycles. The number of esters is 1. The van der Waals surface area contributed by atoms with Crippen molar-refractivity contribution < 1.29 is 17.9 Å². The molecule has 3 rings (SSSR count). The van der Waals surface area contributed by atoms with Crippen molar-refractivity contribution in [3.63, 3.8) is 0 Å². The van der Waals surface area contributed by atoms with Gasteiger partial charge in [0.05, 0.1) is 10.8 Å². The standard InChI is InChI=1S/C17H20ClN3O4S2/c1-11-3-4-15(12(2)9-11)27(23,24)21-7-5-13(6-8-21)17(22)25-10-14-16(18)26-20-19-14/h3-4,9,13H,5-8,10H2,1-2H3. The minimum absolute atomic E-state index is 0.0186. The van der Waals surface area contributed by atoms with Gasteiger partial charge in [0.15, 0.2) is 0 Å². The average molecular weight is 430 g/mol. The van der Waals surface area contributed by atoms with Gasteiger partial charge in [-0.1, -0.05) is 33.8 Å². The van der Waals surface area contributed by atoms with Gasteiger partial charge in [-0.2, -0.15) is 4.31 Å². The Kier molecular flexibility index (Phi) is 6.15. The first-order valence-corrected chi connectivity index (χ1v) is 11.1.